The van der Waals surface area contributed by atoms with Crippen LogP contribution in [-0.2, 0) is 20.1 Å². The molecule has 0 saturated heterocycles. The van der Waals surface area contributed by atoms with Gasteiger partial charge in [-0.25, -0.2) is 0 Å². The largest absolute Gasteiger partial charge is 0.501 e. The summed E-state index contributed by atoms with van der Waals surface area (Å²) in [6, 6.07) is 50.4. The van der Waals surface area contributed by atoms with Gasteiger partial charge in [0.25, 0.3) is 0 Å². The van der Waals surface area contributed by atoms with Gasteiger partial charge < -0.3 is 14.4 Å². The molecule has 1 radical (unpaired) electrons. The zero-order chi connectivity index (χ0) is 35.5. The van der Waals surface area contributed by atoms with Crippen LogP contribution in [0.3, 0.4) is 0 Å². The Morgan fingerprint density at radius 3 is 2.06 bits per heavy atom. The molecule has 261 valence electrons. The number of rotatable bonds is 6. The van der Waals surface area contributed by atoms with Gasteiger partial charge in [0.05, 0.1) is 13.7 Å². The van der Waals surface area contributed by atoms with Crippen LogP contribution in [0.1, 0.15) is 30.9 Å². The Kier molecular flexibility index (Phi) is 11.2. The molecule has 8 rings (SSSR count). The number of fused-ring (bicyclic) bond motifs is 3. The third-order valence-electron chi connectivity index (χ3n) is 9.29. The van der Waals surface area contributed by atoms with E-state index in [2.05, 4.69) is 148 Å². The maximum absolute atomic E-state index is 6.40. The fourth-order valence-electron chi connectivity index (χ4n) is 6.51. The smallest absolute Gasteiger partial charge is 0.121 e. The third kappa shape index (κ3) is 7.93. The SMILES string of the molecule is CC(C)c1cc(-c2[c-]cccc2)ncc1[Si](C)(C)C.Cc1ccc(-c2ccc3c(c2)oc2c(-c4cc(-c5ccccc5)ccn4)[c-]ccc23)cc1.[Ir]. The minimum atomic E-state index is -1.34. The Balaban J connectivity index is 0.000000200. The summed E-state index contributed by atoms with van der Waals surface area (Å²) in [6.07, 6.45) is 3.94. The molecule has 8 aromatic rings. The van der Waals surface area contributed by atoms with Crippen molar-refractivity contribution in [3.05, 3.63) is 163 Å². The van der Waals surface area contributed by atoms with E-state index in [9.17, 15) is 0 Å². The molecule has 0 unspecified atom stereocenters. The third-order valence-corrected chi connectivity index (χ3v) is 11.3. The molecule has 0 aliphatic heterocycles. The van der Waals surface area contributed by atoms with E-state index in [1.54, 1.807) is 0 Å². The maximum Gasteiger partial charge on any atom is 0.121 e. The Morgan fingerprint density at radius 1 is 0.635 bits per heavy atom. The minimum absolute atomic E-state index is 0. The van der Waals surface area contributed by atoms with Gasteiger partial charge in [-0.2, -0.15) is 0 Å². The van der Waals surface area contributed by atoms with E-state index in [1.807, 2.05) is 54.7 Å². The van der Waals surface area contributed by atoms with Crippen molar-refractivity contribution in [2.45, 2.75) is 46.3 Å². The van der Waals surface area contributed by atoms with Gasteiger partial charge in [0, 0.05) is 37.9 Å². The Morgan fingerprint density at radius 2 is 1.35 bits per heavy atom. The van der Waals surface area contributed by atoms with E-state index in [0.29, 0.717) is 5.92 Å². The van der Waals surface area contributed by atoms with Crippen LogP contribution in [0.25, 0.3) is 66.7 Å². The first kappa shape index (κ1) is 36.8. The fraction of sp³-hybridized carbons (Fsp3) is 0.149. The van der Waals surface area contributed by atoms with Gasteiger partial charge in [0.15, 0.2) is 0 Å². The molecule has 0 aliphatic rings. The molecule has 0 bridgehead atoms. The number of hydrogen-bond donors (Lipinski definition) is 0. The second-order valence-corrected chi connectivity index (χ2v) is 19.4. The number of nitrogens with zero attached hydrogens (tertiary/aromatic N) is 2. The summed E-state index contributed by atoms with van der Waals surface area (Å²) >= 11 is 0. The summed E-state index contributed by atoms with van der Waals surface area (Å²) in [5.74, 6) is 0.534. The molecule has 0 saturated carbocycles. The van der Waals surface area contributed by atoms with Gasteiger partial charge in [-0.3, -0.25) is 0 Å². The second-order valence-electron chi connectivity index (χ2n) is 14.4. The first-order valence-corrected chi connectivity index (χ1v) is 21.1. The van der Waals surface area contributed by atoms with Crippen molar-refractivity contribution in [1.29, 1.82) is 0 Å². The van der Waals surface area contributed by atoms with E-state index in [1.165, 1.54) is 21.9 Å². The molecule has 3 nitrogen and oxygen atoms in total. The molecule has 0 amide bonds. The summed E-state index contributed by atoms with van der Waals surface area (Å²) in [6.45, 7) is 13.8. The number of furan rings is 1. The summed E-state index contributed by atoms with van der Waals surface area (Å²) in [5, 5.41) is 3.66. The quantitative estimate of drug-likeness (QED) is 0.123. The molecule has 0 aliphatic carbocycles. The zero-order valence-electron chi connectivity index (χ0n) is 30.5. The number of benzene rings is 5. The van der Waals surface area contributed by atoms with Crippen LogP contribution in [0, 0.1) is 19.1 Å². The van der Waals surface area contributed by atoms with E-state index in [4.69, 9.17) is 4.42 Å². The normalized spacial score (nSPS) is 11.3. The Labute approximate surface area is 322 Å². The van der Waals surface area contributed by atoms with Crippen LogP contribution in [0.2, 0.25) is 19.6 Å². The predicted molar refractivity (Wildman–Crippen MR) is 217 cm³/mol. The second kappa shape index (κ2) is 15.8. The molecule has 3 heterocycles. The Bertz CT molecular complexity index is 2430. The van der Waals surface area contributed by atoms with Crippen LogP contribution < -0.4 is 5.19 Å². The molecule has 0 spiro atoms. The van der Waals surface area contributed by atoms with Gasteiger partial charge in [0.2, 0.25) is 0 Å². The van der Waals surface area contributed by atoms with Crippen molar-refractivity contribution in [3.8, 4) is 44.8 Å². The van der Waals surface area contributed by atoms with Crippen molar-refractivity contribution in [3.63, 3.8) is 0 Å². The van der Waals surface area contributed by atoms with E-state index in [-0.39, 0.29) is 20.1 Å². The molecule has 0 fully saturated rings. The van der Waals surface area contributed by atoms with Crippen molar-refractivity contribution in [2.24, 2.45) is 0 Å². The number of hydrogen-bond acceptors (Lipinski definition) is 3. The minimum Gasteiger partial charge on any atom is -0.501 e. The van der Waals surface area contributed by atoms with Gasteiger partial charge in [-0.15, -0.1) is 54.1 Å². The number of aryl methyl sites for hydroxylation is 1. The van der Waals surface area contributed by atoms with Crippen molar-refractivity contribution in [2.75, 3.05) is 0 Å². The maximum atomic E-state index is 6.40. The van der Waals surface area contributed by atoms with Gasteiger partial charge >= 0.3 is 0 Å². The van der Waals surface area contributed by atoms with Crippen molar-refractivity contribution in [1.82, 2.24) is 9.97 Å². The van der Waals surface area contributed by atoms with Crippen LogP contribution in [0.4, 0.5) is 0 Å². The molecule has 0 N–H and O–H groups in total. The van der Waals surface area contributed by atoms with Crippen LogP contribution in [0.15, 0.2) is 144 Å². The van der Waals surface area contributed by atoms with Crippen LogP contribution in [0.5, 0.6) is 0 Å². The summed E-state index contributed by atoms with van der Waals surface area (Å²) in [5.41, 5.74) is 12.9. The topological polar surface area (TPSA) is 38.9 Å². The van der Waals surface area contributed by atoms with Gasteiger partial charge in [0.1, 0.15) is 5.58 Å². The van der Waals surface area contributed by atoms with Crippen LogP contribution >= 0.6 is 0 Å². The van der Waals surface area contributed by atoms with Gasteiger partial charge in [-0.1, -0.05) is 134 Å². The number of pyridine rings is 2. The van der Waals surface area contributed by atoms with Crippen molar-refractivity contribution >= 4 is 35.2 Å². The molecular formula is C47H42IrN2OSi-2. The molecule has 5 aromatic carbocycles. The van der Waals surface area contributed by atoms with Crippen LogP contribution in [-0.4, -0.2) is 18.0 Å². The summed E-state index contributed by atoms with van der Waals surface area (Å²) in [4.78, 5) is 9.30. The van der Waals surface area contributed by atoms with Gasteiger partial charge in [-0.05, 0) is 63.8 Å². The number of aromatic nitrogens is 2. The first-order chi connectivity index (χ1) is 24.7. The van der Waals surface area contributed by atoms with Crippen molar-refractivity contribution < 1.29 is 24.5 Å². The Hall–Kier alpha value is -4.93. The summed E-state index contributed by atoms with van der Waals surface area (Å²) < 4.78 is 6.40. The molecular weight excluding hydrogens is 829 g/mol. The van der Waals surface area contributed by atoms with E-state index >= 15 is 0 Å². The molecule has 5 heteroatoms. The van der Waals surface area contributed by atoms with E-state index in [0.717, 1.165) is 61.1 Å². The standard InChI is InChI=1S/C30H20NO.C17H22NSi.Ir/c1-20-10-12-22(13-11-20)23-14-15-25-26-8-5-9-27(30(26)32-29(25)19-23)28-18-24(16-17-31-28)21-6-3-2-4-7-21;1-13(2)15-11-16(14-9-7-6-8-10-14)18-12-17(15)19(3,4)5;/h2-8,10-19H,1H3;6-9,11-13H,1-5H3;/q2*-1;. The average molecular weight is 871 g/mol. The predicted octanol–water partition coefficient (Wildman–Crippen LogP) is 12.3. The zero-order valence-corrected chi connectivity index (χ0v) is 33.9. The molecule has 3 aromatic heterocycles. The average Bonchev–Trinajstić information content (AvgIpc) is 3.54. The van der Waals surface area contributed by atoms with E-state index < -0.39 is 8.07 Å². The fourth-order valence-corrected chi connectivity index (χ4v) is 8.19. The summed E-state index contributed by atoms with van der Waals surface area (Å²) in [7, 11) is -1.34. The monoisotopic (exact) mass is 871 g/mol. The molecule has 0 atom stereocenters. The molecule has 52 heavy (non-hydrogen) atoms. The first-order valence-electron chi connectivity index (χ1n) is 17.6.